The van der Waals surface area contributed by atoms with Gasteiger partial charge in [-0.2, -0.15) is 8.78 Å². The third-order valence-corrected chi connectivity index (χ3v) is 1.65. The Morgan fingerprint density at radius 2 is 2.00 bits per heavy atom. The van der Waals surface area contributed by atoms with E-state index in [-0.39, 0.29) is 12.0 Å². The van der Waals surface area contributed by atoms with Gasteiger partial charge in [-0.15, -0.1) is 0 Å². The van der Waals surface area contributed by atoms with Crippen LogP contribution in [0.4, 0.5) is 8.78 Å². The van der Waals surface area contributed by atoms with Crippen molar-refractivity contribution in [1.29, 1.82) is 0 Å². The Bertz CT molecular complexity index is 233. The van der Waals surface area contributed by atoms with E-state index in [2.05, 4.69) is 4.18 Å². The van der Waals surface area contributed by atoms with Gasteiger partial charge in [0.05, 0.1) is 0 Å². The predicted molar refractivity (Wildman–Crippen MR) is 49.3 cm³/mol. The molecule has 1 N–H and O–H groups in total. The molecule has 0 aliphatic carbocycles. The van der Waals surface area contributed by atoms with Crippen LogP contribution in [0.2, 0.25) is 0 Å². The third-order valence-electron chi connectivity index (χ3n) is 0.884. The zero-order valence-corrected chi connectivity index (χ0v) is 8.98. The van der Waals surface area contributed by atoms with Crippen LogP contribution in [0.3, 0.4) is 0 Å². The van der Waals surface area contributed by atoms with Crippen molar-refractivity contribution in [1.82, 2.24) is 0 Å². The lowest BCUT2D eigenvalue weighted by molar-refractivity contribution is -0.135. The van der Waals surface area contributed by atoms with Crippen LogP contribution in [0.25, 0.3) is 0 Å². The van der Waals surface area contributed by atoms with Gasteiger partial charge >= 0.3 is 11.0 Å². The SMILES string of the molecule is CC(C)=C(OSC(F)(F)P)C(=O)O. The fraction of sp³-hybridized carbons (Fsp3) is 0.500. The van der Waals surface area contributed by atoms with Gasteiger partial charge in [0.2, 0.25) is 5.76 Å². The summed E-state index contributed by atoms with van der Waals surface area (Å²) in [6, 6.07) is 0. The molecule has 1 atom stereocenters. The summed E-state index contributed by atoms with van der Waals surface area (Å²) in [7, 11) is 1.23. The average Bonchev–Trinajstić information content (AvgIpc) is 1.82. The van der Waals surface area contributed by atoms with E-state index in [1.807, 2.05) is 0 Å². The topological polar surface area (TPSA) is 46.5 Å². The molecule has 0 spiro atoms. The molecule has 7 heteroatoms. The highest BCUT2D eigenvalue weighted by molar-refractivity contribution is 7.99. The zero-order chi connectivity index (χ0) is 10.6. The van der Waals surface area contributed by atoms with Crippen molar-refractivity contribution in [2.75, 3.05) is 0 Å². The van der Waals surface area contributed by atoms with Gasteiger partial charge in [-0.05, 0) is 28.7 Å². The summed E-state index contributed by atoms with van der Waals surface area (Å²) in [6.07, 6.45) is 0. The van der Waals surface area contributed by atoms with E-state index in [4.69, 9.17) is 5.11 Å². The Morgan fingerprint density at radius 3 is 2.23 bits per heavy atom. The Balaban J connectivity index is 4.33. The smallest absolute Gasteiger partial charge is 0.372 e. The fourth-order valence-corrected chi connectivity index (χ4v) is 1.01. The minimum atomic E-state index is -3.18. The van der Waals surface area contributed by atoms with Crippen molar-refractivity contribution >= 4 is 27.3 Å². The lowest BCUT2D eigenvalue weighted by atomic mass is 10.3. The monoisotopic (exact) mass is 230 g/mol. The third kappa shape index (κ3) is 5.82. The maximum atomic E-state index is 12.2. The minimum absolute atomic E-state index is 0.211. The second kappa shape index (κ2) is 4.77. The molecule has 1 unspecified atom stereocenters. The Labute approximate surface area is 80.9 Å². The molecule has 0 rings (SSSR count). The Kier molecular flexibility index (Phi) is 4.64. The number of carboxylic acids is 1. The van der Waals surface area contributed by atoms with E-state index in [1.54, 1.807) is 0 Å². The van der Waals surface area contributed by atoms with Crippen molar-refractivity contribution in [3.05, 3.63) is 11.3 Å². The summed E-state index contributed by atoms with van der Waals surface area (Å²) in [4.78, 5) is 7.23. The molecule has 0 amide bonds. The first-order valence-electron chi connectivity index (χ1n) is 3.17. The average molecular weight is 230 g/mol. The van der Waals surface area contributed by atoms with Crippen LogP contribution in [0.15, 0.2) is 11.3 Å². The summed E-state index contributed by atoms with van der Waals surface area (Å²) < 4.78 is 28.7. The first-order valence-corrected chi connectivity index (χ1v) is 4.49. The number of rotatable bonds is 4. The Morgan fingerprint density at radius 1 is 1.54 bits per heavy atom. The zero-order valence-electron chi connectivity index (χ0n) is 7.01. The molecule has 0 fully saturated rings. The van der Waals surface area contributed by atoms with Crippen LogP contribution >= 0.6 is 21.3 Å². The molecule has 3 nitrogen and oxygen atoms in total. The first-order chi connectivity index (χ1) is 5.74. The van der Waals surface area contributed by atoms with Gasteiger partial charge in [0, 0.05) is 0 Å². The maximum absolute atomic E-state index is 12.2. The van der Waals surface area contributed by atoms with E-state index in [0.29, 0.717) is 5.57 Å². The van der Waals surface area contributed by atoms with E-state index in [9.17, 15) is 13.6 Å². The lowest BCUT2D eigenvalue weighted by Crippen LogP contribution is -2.07. The summed E-state index contributed by atoms with van der Waals surface area (Å²) in [5, 5.41) is 8.49. The van der Waals surface area contributed by atoms with Crippen LogP contribution < -0.4 is 0 Å². The summed E-state index contributed by atoms with van der Waals surface area (Å²) in [5.74, 6) is -1.83. The molecule has 0 aromatic heterocycles. The van der Waals surface area contributed by atoms with Crippen LogP contribution in [-0.4, -0.2) is 16.1 Å². The maximum Gasteiger partial charge on any atom is 0.372 e. The Hall–Kier alpha value is -0.350. The van der Waals surface area contributed by atoms with Crippen molar-refractivity contribution in [3.63, 3.8) is 0 Å². The van der Waals surface area contributed by atoms with E-state index in [0.717, 1.165) is 0 Å². The predicted octanol–water partition coefficient (Wildman–Crippen LogP) is 2.46. The highest BCUT2D eigenvalue weighted by atomic mass is 32.2. The molecule has 0 aliphatic rings. The van der Waals surface area contributed by atoms with Gasteiger partial charge in [0.15, 0.2) is 0 Å². The lowest BCUT2D eigenvalue weighted by Gasteiger charge is -2.10. The summed E-state index contributed by atoms with van der Waals surface area (Å²) >= 11 is -0.211. The molecule has 0 bridgehead atoms. The van der Waals surface area contributed by atoms with Crippen molar-refractivity contribution in [2.45, 2.75) is 18.8 Å². The van der Waals surface area contributed by atoms with Crippen LogP contribution in [-0.2, 0) is 8.98 Å². The quantitative estimate of drug-likeness (QED) is 0.349. The van der Waals surface area contributed by atoms with Gasteiger partial charge < -0.3 is 9.29 Å². The molecule has 0 heterocycles. The number of halogens is 2. The van der Waals surface area contributed by atoms with Crippen molar-refractivity contribution < 1.29 is 22.9 Å². The number of carbonyl (C=O) groups is 1. The number of aliphatic carboxylic acids is 1. The number of hydrogen-bond acceptors (Lipinski definition) is 3. The fourth-order valence-electron chi connectivity index (χ4n) is 0.430. The molecule has 0 aromatic rings. The molecule has 0 aromatic carbocycles. The van der Waals surface area contributed by atoms with Crippen molar-refractivity contribution in [3.8, 4) is 0 Å². The second-order valence-corrected chi connectivity index (χ2v) is 4.38. The number of carboxylic acid groups (broad SMARTS) is 1. The minimum Gasteiger partial charge on any atom is -0.475 e. The second-order valence-electron chi connectivity index (χ2n) is 2.36. The standard InChI is InChI=1S/C6H9F2O3PS/c1-3(2)4(5(9)10)11-13-6(7,8)12/h12H2,1-2H3,(H,9,10). The molecule has 76 valence electrons. The van der Waals surface area contributed by atoms with Gasteiger partial charge in [0.1, 0.15) is 12.0 Å². The van der Waals surface area contributed by atoms with Crippen LogP contribution in [0.1, 0.15) is 13.8 Å². The molecule has 0 aliphatic heterocycles. The largest absolute Gasteiger partial charge is 0.475 e. The summed E-state index contributed by atoms with van der Waals surface area (Å²) in [5.41, 5.74) is 0.328. The highest BCUT2D eigenvalue weighted by Gasteiger charge is 2.26. The molecular weight excluding hydrogens is 221 g/mol. The van der Waals surface area contributed by atoms with E-state index in [1.165, 1.54) is 23.1 Å². The highest BCUT2D eigenvalue weighted by Crippen LogP contribution is 2.37. The van der Waals surface area contributed by atoms with Crippen LogP contribution in [0, 0.1) is 0 Å². The molecule has 0 radical (unpaired) electrons. The van der Waals surface area contributed by atoms with E-state index < -0.39 is 16.7 Å². The molecule has 0 saturated heterocycles. The number of hydrogen-bond donors (Lipinski definition) is 1. The van der Waals surface area contributed by atoms with Gasteiger partial charge in [-0.3, -0.25) is 0 Å². The van der Waals surface area contributed by atoms with E-state index >= 15 is 0 Å². The van der Waals surface area contributed by atoms with Crippen LogP contribution in [0.5, 0.6) is 0 Å². The number of allylic oxidation sites excluding steroid dienone is 1. The molecule has 13 heavy (non-hydrogen) atoms. The van der Waals surface area contributed by atoms with Gasteiger partial charge in [-0.1, -0.05) is 0 Å². The van der Waals surface area contributed by atoms with Gasteiger partial charge in [0.25, 0.3) is 0 Å². The van der Waals surface area contributed by atoms with Gasteiger partial charge in [-0.25, -0.2) is 4.79 Å². The summed E-state index contributed by atoms with van der Waals surface area (Å²) in [6.45, 7) is 2.93. The first kappa shape index (κ1) is 12.7. The van der Waals surface area contributed by atoms with Crippen molar-refractivity contribution in [2.24, 2.45) is 0 Å². The number of alkyl halides is 2. The molecular formula is C6H9F2O3PS. The normalized spacial score (nSPS) is 10.8. The molecule has 0 saturated carbocycles.